The molecule has 1 heterocycles. The average molecular weight is 181 g/mol. The van der Waals surface area contributed by atoms with E-state index in [0.717, 1.165) is 0 Å². The summed E-state index contributed by atoms with van der Waals surface area (Å²) in [4.78, 5) is 1.31. The van der Waals surface area contributed by atoms with Crippen molar-refractivity contribution in [1.29, 1.82) is 0 Å². The van der Waals surface area contributed by atoms with Gasteiger partial charge in [-0.25, -0.2) is 4.36 Å². The van der Waals surface area contributed by atoms with E-state index in [1.54, 1.807) is 10.8 Å². The molecular formula is C8H7NS2. The molecule has 1 aromatic carbocycles. The molecule has 0 bridgehead atoms. The van der Waals surface area contributed by atoms with E-state index in [0.29, 0.717) is 0 Å². The van der Waals surface area contributed by atoms with Gasteiger partial charge in [-0.15, -0.1) is 0 Å². The molecule has 0 spiro atoms. The second kappa shape index (κ2) is 3.24. The maximum atomic E-state index is 4.32. The van der Waals surface area contributed by atoms with Gasteiger partial charge in [0.25, 0.3) is 0 Å². The summed E-state index contributed by atoms with van der Waals surface area (Å²) in [5.74, 6) is 0. The number of rotatable bonds is 1. The summed E-state index contributed by atoms with van der Waals surface area (Å²) in [5, 5.41) is 2.04. The number of hydrogen-bond acceptors (Lipinski definition) is 2. The minimum Gasteiger partial charge on any atom is -0.220 e. The van der Waals surface area contributed by atoms with E-state index in [2.05, 4.69) is 28.6 Å². The Kier molecular flexibility index (Phi) is 2.10. The quantitative estimate of drug-likeness (QED) is 0.607. The summed E-state index contributed by atoms with van der Waals surface area (Å²) in [6, 6.07) is 10.4. The van der Waals surface area contributed by atoms with Crippen molar-refractivity contribution in [2.24, 2.45) is 4.36 Å². The predicted molar refractivity (Wildman–Crippen MR) is 51.2 cm³/mol. The zero-order valence-corrected chi connectivity index (χ0v) is 7.44. The molecule has 3 heteroatoms. The van der Waals surface area contributed by atoms with Crippen LogP contribution in [0.2, 0.25) is 0 Å². The Hall–Kier alpha value is -0.540. The van der Waals surface area contributed by atoms with Crippen LogP contribution in [0.4, 0.5) is 0 Å². The number of hydrogen-bond donors (Lipinski definition) is 0. The molecule has 0 amide bonds. The SMILES string of the molecule is C1=CSS(c2ccccc2)=N1. The second-order valence-corrected chi connectivity index (χ2v) is 5.22. The Morgan fingerprint density at radius 3 is 2.64 bits per heavy atom. The van der Waals surface area contributed by atoms with Crippen molar-refractivity contribution in [2.45, 2.75) is 4.90 Å². The number of nitrogens with zero attached hydrogens (tertiary/aromatic N) is 1. The summed E-state index contributed by atoms with van der Waals surface area (Å²) in [5.41, 5.74) is 0. The lowest BCUT2D eigenvalue weighted by atomic mass is 10.4. The highest BCUT2D eigenvalue weighted by molar-refractivity contribution is 8.71. The van der Waals surface area contributed by atoms with Crippen LogP contribution < -0.4 is 0 Å². The Balaban J connectivity index is 2.31. The summed E-state index contributed by atoms with van der Waals surface area (Å²) in [6.07, 6.45) is 1.88. The zero-order valence-electron chi connectivity index (χ0n) is 5.81. The molecule has 0 fully saturated rings. The lowest BCUT2D eigenvalue weighted by molar-refractivity contribution is 1.46. The van der Waals surface area contributed by atoms with Crippen LogP contribution in [0.15, 0.2) is 51.2 Å². The van der Waals surface area contributed by atoms with E-state index < -0.39 is 0 Å². The van der Waals surface area contributed by atoms with Crippen LogP contribution in [-0.2, 0) is 9.72 Å². The maximum absolute atomic E-state index is 4.32. The van der Waals surface area contributed by atoms with E-state index in [1.165, 1.54) is 4.90 Å². The lowest BCUT2D eigenvalue weighted by Crippen LogP contribution is -1.78. The minimum atomic E-state index is 0.0399. The molecule has 0 aromatic heterocycles. The molecule has 0 aliphatic carbocycles. The normalized spacial score (nSPS) is 21.6. The van der Waals surface area contributed by atoms with Gasteiger partial charge in [-0.1, -0.05) is 18.2 Å². The van der Waals surface area contributed by atoms with Gasteiger partial charge >= 0.3 is 0 Å². The molecular weight excluding hydrogens is 174 g/mol. The third-order valence-electron chi connectivity index (χ3n) is 1.31. The first-order chi connectivity index (χ1) is 5.47. The molecule has 0 radical (unpaired) electrons. The fraction of sp³-hybridized carbons (Fsp3) is 0. The Labute approximate surface area is 72.0 Å². The van der Waals surface area contributed by atoms with Crippen LogP contribution in [0, 0.1) is 0 Å². The van der Waals surface area contributed by atoms with E-state index in [9.17, 15) is 0 Å². The van der Waals surface area contributed by atoms with Crippen molar-refractivity contribution < 1.29 is 0 Å². The van der Waals surface area contributed by atoms with Gasteiger partial charge in [-0.05, 0) is 32.6 Å². The lowest BCUT2D eigenvalue weighted by Gasteiger charge is -1.97. The molecule has 0 saturated heterocycles. The molecule has 1 unspecified atom stereocenters. The van der Waals surface area contributed by atoms with Gasteiger partial charge in [0.2, 0.25) is 0 Å². The van der Waals surface area contributed by atoms with Gasteiger partial charge in [0.05, 0.1) is 0 Å². The van der Waals surface area contributed by atoms with Gasteiger partial charge < -0.3 is 0 Å². The highest BCUT2D eigenvalue weighted by Gasteiger charge is 2.01. The maximum Gasteiger partial charge on any atom is 0.0427 e. The van der Waals surface area contributed by atoms with Gasteiger partial charge in [-0.3, -0.25) is 0 Å². The molecule has 11 heavy (non-hydrogen) atoms. The third kappa shape index (κ3) is 1.54. The van der Waals surface area contributed by atoms with Crippen molar-refractivity contribution in [3.05, 3.63) is 41.9 Å². The summed E-state index contributed by atoms with van der Waals surface area (Å²) in [6.45, 7) is 0. The van der Waals surface area contributed by atoms with Gasteiger partial charge in [0.1, 0.15) is 0 Å². The van der Waals surface area contributed by atoms with Crippen LogP contribution in [0.5, 0.6) is 0 Å². The molecule has 0 saturated carbocycles. The van der Waals surface area contributed by atoms with Gasteiger partial charge in [0, 0.05) is 16.5 Å². The Bertz CT molecular complexity index is 303. The first kappa shape index (κ1) is 7.13. The van der Waals surface area contributed by atoms with Crippen LogP contribution in [0.1, 0.15) is 0 Å². The largest absolute Gasteiger partial charge is 0.220 e. The average Bonchev–Trinajstić information content (AvgIpc) is 2.58. The molecule has 1 aliphatic heterocycles. The van der Waals surface area contributed by atoms with Gasteiger partial charge in [0.15, 0.2) is 0 Å². The highest BCUT2D eigenvalue weighted by Crippen LogP contribution is 2.26. The van der Waals surface area contributed by atoms with E-state index >= 15 is 0 Å². The molecule has 1 aromatic rings. The smallest absolute Gasteiger partial charge is 0.0427 e. The van der Waals surface area contributed by atoms with Crippen molar-refractivity contribution in [3.8, 4) is 0 Å². The Morgan fingerprint density at radius 1 is 1.18 bits per heavy atom. The fourth-order valence-corrected chi connectivity index (χ4v) is 3.40. The summed E-state index contributed by atoms with van der Waals surface area (Å²) in [7, 11) is 1.82. The topological polar surface area (TPSA) is 12.4 Å². The molecule has 1 atom stereocenters. The van der Waals surface area contributed by atoms with Crippen molar-refractivity contribution in [1.82, 2.24) is 0 Å². The van der Waals surface area contributed by atoms with Crippen LogP contribution in [0.3, 0.4) is 0 Å². The molecule has 56 valence electrons. The first-order valence-electron chi connectivity index (χ1n) is 3.29. The predicted octanol–water partition coefficient (Wildman–Crippen LogP) is 2.98. The van der Waals surface area contributed by atoms with E-state index in [4.69, 9.17) is 0 Å². The van der Waals surface area contributed by atoms with Crippen molar-refractivity contribution in [2.75, 3.05) is 0 Å². The number of benzene rings is 1. The highest BCUT2D eigenvalue weighted by atomic mass is 33.1. The monoisotopic (exact) mass is 181 g/mol. The standard InChI is InChI=1S/C8H7NS2/c1-2-4-8(5-3-1)11-9-6-7-10-11/h1-7H. The van der Waals surface area contributed by atoms with Crippen LogP contribution in [-0.4, -0.2) is 0 Å². The molecule has 2 rings (SSSR count). The van der Waals surface area contributed by atoms with E-state index in [-0.39, 0.29) is 9.72 Å². The molecule has 1 aliphatic rings. The minimum absolute atomic E-state index is 0.0399. The van der Waals surface area contributed by atoms with Gasteiger partial charge in [-0.2, -0.15) is 0 Å². The second-order valence-electron chi connectivity index (χ2n) is 2.05. The third-order valence-corrected chi connectivity index (χ3v) is 4.43. The van der Waals surface area contributed by atoms with E-state index in [1.807, 2.05) is 17.7 Å². The summed E-state index contributed by atoms with van der Waals surface area (Å²) >= 11 is 0. The first-order valence-corrected chi connectivity index (χ1v) is 5.87. The zero-order chi connectivity index (χ0) is 7.52. The van der Waals surface area contributed by atoms with Crippen LogP contribution in [0.25, 0.3) is 0 Å². The Morgan fingerprint density at radius 2 is 2.00 bits per heavy atom. The fourth-order valence-electron chi connectivity index (χ4n) is 0.836. The van der Waals surface area contributed by atoms with Crippen molar-refractivity contribution in [3.63, 3.8) is 0 Å². The molecule has 1 nitrogen and oxygen atoms in total. The van der Waals surface area contributed by atoms with Crippen molar-refractivity contribution >= 4 is 20.5 Å². The summed E-state index contributed by atoms with van der Waals surface area (Å²) < 4.78 is 4.32. The molecule has 0 N–H and O–H groups in total. The van der Waals surface area contributed by atoms with Crippen LogP contribution >= 0.6 is 10.8 Å².